The van der Waals surface area contributed by atoms with Crippen LogP contribution in [0.25, 0.3) is 0 Å². The van der Waals surface area contributed by atoms with Crippen LogP contribution in [0.2, 0.25) is 5.02 Å². The fraction of sp³-hybridized carbons (Fsp3) is 0.250. The van der Waals surface area contributed by atoms with Gasteiger partial charge in [-0.05, 0) is 37.3 Å². The van der Waals surface area contributed by atoms with Gasteiger partial charge in [0.25, 0.3) is 0 Å². The molecule has 1 heterocycles. The second-order valence-electron chi connectivity index (χ2n) is 6.24. The van der Waals surface area contributed by atoms with Gasteiger partial charge in [-0.1, -0.05) is 41.1 Å². The van der Waals surface area contributed by atoms with Crippen molar-refractivity contribution in [3.05, 3.63) is 58.9 Å². The Morgan fingerprint density at radius 3 is 2.66 bits per heavy atom. The zero-order valence-electron chi connectivity index (χ0n) is 16.3. The molecule has 0 aliphatic carbocycles. The lowest BCUT2D eigenvalue weighted by molar-refractivity contribution is -0.113. The second-order valence-corrected chi connectivity index (χ2v) is 8.67. The van der Waals surface area contributed by atoms with Crippen molar-refractivity contribution < 1.29 is 9.53 Å². The number of thioether (sulfide) groups is 2. The van der Waals surface area contributed by atoms with Gasteiger partial charge in [0.2, 0.25) is 5.91 Å². The third-order valence-electron chi connectivity index (χ3n) is 4.08. The van der Waals surface area contributed by atoms with E-state index in [2.05, 4.69) is 46.7 Å². The number of nitrogens with one attached hydrogen (secondary N) is 1. The van der Waals surface area contributed by atoms with Crippen molar-refractivity contribution in [2.45, 2.75) is 22.7 Å². The number of ether oxygens (including phenoxy) is 1. The molecule has 9 heteroatoms. The van der Waals surface area contributed by atoms with Gasteiger partial charge >= 0.3 is 0 Å². The fourth-order valence-corrected chi connectivity index (χ4v) is 4.25. The minimum atomic E-state index is -0.172. The first-order chi connectivity index (χ1) is 14.0. The van der Waals surface area contributed by atoms with Crippen molar-refractivity contribution in [1.29, 1.82) is 0 Å². The van der Waals surface area contributed by atoms with Crippen LogP contribution in [0, 0.1) is 6.92 Å². The van der Waals surface area contributed by atoms with Crippen LogP contribution < -0.4 is 10.1 Å². The Hall–Kier alpha value is -2.16. The summed E-state index contributed by atoms with van der Waals surface area (Å²) < 4.78 is 7.16. The number of hydrogen-bond acceptors (Lipinski definition) is 6. The number of amides is 1. The highest BCUT2D eigenvalue weighted by molar-refractivity contribution is 7.99. The molecular weight excluding hydrogens is 428 g/mol. The third-order valence-corrected chi connectivity index (χ3v) is 6.35. The number of aromatic nitrogens is 3. The summed E-state index contributed by atoms with van der Waals surface area (Å²) in [5.41, 5.74) is 1.78. The monoisotopic (exact) mass is 448 g/mol. The molecule has 29 heavy (non-hydrogen) atoms. The fourth-order valence-electron chi connectivity index (χ4n) is 2.47. The molecule has 0 saturated heterocycles. The number of aryl methyl sites for hydroxylation is 1. The highest BCUT2D eigenvalue weighted by Gasteiger charge is 2.13. The standard InChI is InChI=1S/C20H21ClN4O2S2/c1-13-4-7-15(8-5-13)28-11-18-23-24-20(25(18)2)29-12-19(26)22-16-10-14(21)6-9-17(16)27-3/h4-10H,11-12H2,1-3H3,(H,22,26). The Balaban J connectivity index is 1.55. The molecule has 1 amide bonds. The van der Waals surface area contributed by atoms with Gasteiger partial charge < -0.3 is 14.6 Å². The van der Waals surface area contributed by atoms with Crippen molar-refractivity contribution in [3.63, 3.8) is 0 Å². The summed E-state index contributed by atoms with van der Waals surface area (Å²) >= 11 is 9.03. The summed E-state index contributed by atoms with van der Waals surface area (Å²) in [7, 11) is 3.45. The van der Waals surface area contributed by atoms with Gasteiger partial charge in [0.15, 0.2) is 5.16 Å². The number of halogens is 1. The summed E-state index contributed by atoms with van der Waals surface area (Å²) in [5.74, 6) is 2.15. The molecule has 0 unspecified atom stereocenters. The molecule has 1 N–H and O–H groups in total. The number of benzene rings is 2. The van der Waals surface area contributed by atoms with Crippen LogP contribution in [0.4, 0.5) is 5.69 Å². The van der Waals surface area contributed by atoms with Crippen LogP contribution >= 0.6 is 35.1 Å². The third kappa shape index (κ3) is 5.91. The van der Waals surface area contributed by atoms with Crippen LogP contribution in [-0.2, 0) is 17.6 Å². The van der Waals surface area contributed by atoms with E-state index in [0.717, 1.165) is 5.82 Å². The van der Waals surface area contributed by atoms with E-state index in [-0.39, 0.29) is 11.7 Å². The SMILES string of the molecule is COc1ccc(Cl)cc1NC(=O)CSc1nnc(CSc2ccc(C)cc2)n1C. The van der Waals surface area contributed by atoms with Crippen molar-refractivity contribution in [3.8, 4) is 5.75 Å². The number of methoxy groups -OCH3 is 1. The maximum Gasteiger partial charge on any atom is 0.234 e. The van der Waals surface area contributed by atoms with E-state index in [0.29, 0.717) is 27.4 Å². The van der Waals surface area contributed by atoms with Crippen molar-refractivity contribution in [1.82, 2.24) is 14.8 Å². The van der Waals surface area contributed by atoms with E-state index < -0.39 is 0 Å². The predicted molar refractivity (Wildman–Crippen MR) is 119 cm³/mol. The smallest absolute Gasteiger partial charge is 0.234 e. The second kappa shape index (κ2) is 10.0. The van der Waals surface area contributed by atoms with Gasteiger partial charge in [-0.3, -0.25) is 4.79 Å². The molecule has 0 spiro atoms. The molecule has 0 aliphatic heterocycles. The van der Waals surface area contributed by atoms with E-state index in [4.69, 9.17) is 16.3 Å². The molecule has 152 valence electrons. The minimum Gasteiger partial charge on any atom is -0.495 e. The number of hydrogen-bond donors (Lipinski definition) is 1. The van der Waals surface area contributed by atoms with Gasteiger partial charge in [-0.15, -0.1) is 22.0 Å². The maximum absolute atomic E-state index is 12.3. The highest BCUT2D eigenvalue weighted by Crippen LogP contribution is 2.28. The highest BCUT2D eigenvalue weighted by atomic mass is 35.5. The first kappa shape index (κ1) is 21.5. The Labute approximate surface area is 183 Å². The number of carbonyl (C=O) groups is 1. The van der Waals surface area contributed by atoms with Crippen LogP contribution in [0.5, 0.6) is 5.75 Å². The van der Waals surface area contributed by atoms with Crippen molar-refractivity contribution in [2.75, 3.05) is 18.2 Å². The first-order valence-electron chi connectivity index (χ1n) is 8.80. The lowest BCUT2D eigenvalue weighted by Crippen LogP contribution is -2.15. The normalized spacial score (nSPS) is 10.8. The number of anilines is 1. The molecule has 0 aliphatic rings. The largest absolute Gasteiger partial charge is 0.495 e. The van der Waals surface area contributed by atoms with Crippen molar-refractivity contribution in [2.24, 2.45) is 7.05 Å². The summed E-state index contributed by atoms with van der Waals surface area (Å²) in [4.78, 5) is 13.5. The summed E-state index contributed by atoms with van der Waals surface area (Å²) in [6.45, 7) is 2.07. The average molecular weight is 449 g/mol. The van der Waals surface area contributed by atoms with E-state index in [1.807, 2.05) is 11.6 Å². The summed E-state index contributed by atoms with van der Waals surface area (Å²) in [5, 5.41) is 12.5. The minimum absolute atomic E-state index is 0.172. The summed E-state index contributed by atoms with van der Waals surface area (Å²) in [6.07, 6.45) is 0. The molecule has 1 aromatic heterocycles. The lowest BCUT2D eigenvalue weighted by atomic mass is 10.2. The molecule has 2 aromatic carbocycles. The molecule has 0 fully saturated rings. The Morgan fingerprint density at radius 2 is 1.93 bits per heavy atom. The Morgan fingerprint density at radius 1 is 1.17 bits per heavy atom. The van der Waals surface area contributed by atoms with E-state index in [1.165, 1.54) is 22.2 Å². The van der Waals surface area contributed by atoms with Crippen LogP contribution in [0.15, 0.2) is 52.5 Å². The Kier molecular flexibility index (Phi) is 7.46. The van der Waals surface area contributed by atoms with Gasteiger partial charge in [0.05, 0.1) is 24.3 Å². The van der Waals surface area contributed by atoms with Crippen molar-refractivity contribution >= 4 is 46.7 Å². The van der Waals surface area contributed by atoms with E-state index in [9.17, 15) is 4.79 Å². The molecule has 0 radical (unpaired) electrons. The average Bonchev–Trinajstić information content (AvgIpc) is 3.06. The quantitative estimate of drug-likeness (QED) is 0.499. The lowest BCUT2D eigenvalue weighted by Gasteiger charge is -2.10. The Bertz CT molecular complexity index is 993. The predicted octanol–water partition coefficient (Wildman–Crippen LogP) is 4.81. The molecular formula is C20H21ClN4O2S2. The maximum atomic E-state index is 12.3. The molecule has 3 aromatic rings. The van der Waals surface area contributed by atoms with Gasteiger partial charge in [0.1, 0.15) is 11.6 Å². The zero-order chi connectivity index (χ0) is 20.8. The number of nitrogens with zero attached hydrogens (tertiary/aromatic N) is 3. The number of carbonyl (C=O) groups excluding carboxylic acids is 1. The van der Waals surface area contributed by atoms with E-state index in [1.54, 1.807) is 37.1 Å². The topological polar surface area (TPSA) is 69.0 Å². The van der Waals surface area contributed by atoms with Crippen LogP contribution in [0.3, 0.4) is 0 Å². The van der Waals surface area contributed by atoms with Gasteiger partial charge in [-0.2, -0.15) is 0 Å². The van der Waals surface area contributed by atoms with Gasteiger partial charge in [-0.25, -0.2) is 0 Å². The molecule has 6 nitrogen and oxygen atoms in total. The molecule has 0 atom stereocenters. The van der Waals surface area contributed by atoms with Crippen LogP contribution in [-0.4, -0.2) is 33.5 Å². The van der Waals surface area contributed by atoms with Gasteiger partial charge in [0, 0.05) is 17.0 Å². The van der Waals surface area contributed by atoms with E-state index >= 15 is 0 Å². The molecule has 0 saturated carbocycles. The molecule has 3 rings (SSSR count). The molecule has 0 bridgehead atoms. The number of rotatable bonds is 8. The summed E-state index contributed by atoms with van der Waals surface area (Å²) in [6, 6.07) is 13.5. The zero-order valence-corrected chi connectivity index (χ0v) is 18.7. The first-order valence-corrected chi connectivity index (χ1v) is 11.1. The van der Waals surface area contributed by atoms with Crippen LogP contribution in [0.1, 0.15) is 11.4 Å².